The number of hydrogen-bond donors (Lipinski definition) is 0. The molecule has 3 rings (SSSR count). The van der Waals surface area contributed by atoms with Crippen LogP contribution < -0.4 is 4.74 Å². The van der Waals surface area contributed by atoms with Crippen molar-refractivity contribution in [3.63, 3.8) is 0 Å². The van der Waals surface area contributed by atoms with E-state index in [0.29, 0.717) is 5.75 Å². The Labute approximate surface area is 143 Å². The second-order valence-corrected chi connectivity index (χ2v) is 6.00. The van der Waals surface area contributed by atoms with Crippen LogP contribution in [-0.4, -0.2) is 37.1 Å². The van der Waals surface area contributed by atoms with Gasteiger partial charge in [-0.2, -0.15) is 0 Å². The highest BCUT2D eigenvalue weighted by molar-refractivity contribution is 5.71. The minimum absolute atomic E-state index is 0.0760. The largest absolute Gasteiger partial charge is 0.482 e. The molecule has 0 radical (unpaired) electrons. The predicted octanol–water partition coefficient (Wildman–Crippen LogP) is 3.45. The van der Waals surface area contributed by atoms with Gasteiger partial charge in [0.05, 0.1) is 0 Å². The normalized spacial score (nSPS) is 15.8. The molecule has 2 aromatic carbocycles. The molecule has 1 fully saturated rings. The molecule has 126 valence electrons. The second kappa shape index (κ2) is 8.50. The van der Waals surface area contributed by atoms with Crippen LogP contribution >= 0.6 is 0 Å². The number of carbonyl (C=O) groups excluding carboxylic acids is 1. The van der Waals surface area contributed by atoms with Crippen LogP contribution in [0.4, 0.5) is 0 Å². The molecule has 24 heavy (non-hydrogen) atoms. The van der Waals surface area contributed by atoms with Crippen LogP contribution in [0, 0.1) is 0 Å². The van der Waals surface area contributed by atoms with Crippen molar-refractivity contribution in [3.05, 3.63) is 66.2 Å². The molecule has 1 saturated heterocycles. The summed E-state index contributed by atoms with van der Waals surface area (Å²) >= 11 is 0. The van der Waals surface area contributed by atoms with Crippen molar-refractivity contribution in [2.45, 2.75) is 18.9 Å². The molecule has 1 atom stereocenters. The summed E-state index contributed by atoms with van der Waals surface area (Å²) in [5, 5.41) is 0. The SMILES string of the molecule is O=C(COc1ccccc1)OC(CN1CCCC1)c1ccccc1. The average molecular weight is 325 g/mol. The number of nitrogens with zero attached hydrogens (tertiary/aromatic N) is 1. The van der Waals surface area contributed by atoms with Gasteiger partial charge < -0.3 is 9.47 Å². The maximum atomic E-state index is 12.2. The molecule has 0 spiro atoms. The summed E-state index contributed by atoms with van der Waals surface area (Å²) in [6.45, 7) is 2.80. The van der Waals surface area contributed by atoms with E-state index < -0.39 is 0 Å². The van der Waals surface area contributed by atoms with Gasteiger partial charge >= 0.3 is 5.97 Å². The molecular weight excluding hydrogens is 302 g/mol. The lowest BCUT2D eigenvalue weighted by Crippen LogP contribution is -2.29. The lowest BCUT2D eigenvalue weighted by Gasteiger charge is -2.24. The highest BCUT2D eigenvalue weighted by atomic mass is 16.6. The zero-order valence-corrected chi connectivity index (χ0v) is 13.8. The quantitative estimate of drug-likeness (QED) is 0.731. The van der Waals surface area contributed by atoms with Crippen LogP contribution in [0.3, 0.4) is 0 Å². The van der Waals surface area contributed by atoms with Crippen LogP contribution in [0.2, 0.25) is 0 Å². The third-order valence-electron chi connectivity index (χ3n) is 4.17. The van der Waals surface area contributed by atoms with E-state index in [0.717, 1.165) is 25.2 Å². The van der Waals surface area contributed by atoms with Crippen molar-refractivity contribution >= 4 is 5.97 Å². The summed E-state index contributed by atoms with van der Waals surface area (Å²) in [5.41, 5.74) is 1.03. The maximum Gasteiger partial charge on any atom is 0.344 e. The van der Waals surface area contributed by atoms with Crippen LogP contribution in [0.15, 0.2) is 60.7 Å². The number of ether oxygens (including phenoxy) is 2. The molecule has 1 aliphatic rings. The van der Waals surface area contributed by atoms with Crippen LogP contribution in [0.5, 0.6) is 5.75 Å². The summed E-state index contributed by atoms with van der Waals surface area (Å²) in [7, 11) is 0. The van der Waals surface area contributed by atoms with Gasteiger partial charge in [0.25, 0.3) is 0 Å². The number of rotatable bonds is 7. The molecule has 0 amide bonds. The predicted molar refractivity (Wildman–Crippen MR) is 92.9 cm³/mol. The molecule has 0 saturated carbocycles. The lowest BCUT2D eigenvalue weighted by molar-refractivity contribution is -0.152. The second-order valence-electron chi connectivity index (χ2n) is 6.00. The van der Waals surface area contributed by atoms with Crippen molar-refractivity contribution in [2.75, 3.05) is 26.2 Å². The summed E-state index contributed by atoms with van der Waals surface area (Å²) in [6.07, 6.45) is 2.18. The van der Waals surface area contributed by atoms with E-state index in [-0.39, 0.29) is 18.7 Å². The van der Waals surface area contributed by atoms with Gasteiger partial charge in [0, 0.05) is 6.54 Å². The molecule has 1 heterocycles. The highest BCUT2D eigenvalue weighted by Gasteiger charge is 2.22. The zero-order valence-electron chi connectivity index (χ0n) is 13.8. The Balaban J connectivity index is 1.59. The number of hydrogen-bond acceptors (Lipinski definition) is 4. The van der Waals surface area contributed by atoms with E-state index in [1.807, 2.05) is 60.7 Å². The average Bonchev–Trinajstić information content (AvgIpc) is 3.14. The van der Waals surface area contributed by atoms with E-state index >= 15 is 0 Å². The van der Waals surface area contributed by atoms with Gasteiger partial charge in [0.1, 0.15) is 11.9 Å². The zero-order chi connectivity index (χ0) is 16.6. The summed E-state index contributed by atoms with van der Waals surface area (Å²) in [5.74, 6) is 0.331. The van der Waals surface area contributed by atoms with Gasteiger partial charge in [-0.1, -0.05) is 48.5 Å². The van der Waals surface area contributed by atoms with Crippen LogP contribution in [-0.2, 0) is 9.53 Å². The van der Waals surface area contributed by atoms with Gasteiger partial charge in [0.2, 0.25) is 0 Å². The van der Waals surface area contributed by atoms with Crippen molar-refractivity contribution in [3.8, 4) is 5.75 Å². The van der Waals surface area contributed by atoms with Crippen LogP contribution in [0.1, 0.15) is 24.5 Å². The van der Waals surface area contributed by atoms with E-state index in [2.05, 4.69) is 4.90 Å². The topological polar surface area (TPSA) is 38.8 Å². The molecule has 0 aliphatic carbocycles. The summed E-state index contributed by atoms with van der Waals surface area (Å²) in [4.78, 5) is 14.6. The molecule has 4 nitrogen and oxygen atoms in total. The fraction of sp³-hybridized carbons (Fsp3) is 0.350. The van der Waals surface area contributed by atoms with E-state index in [1.54, 1.807) is 0 Å². The number of esters is 1. The molecule has 0 bridgehead atoms. The Bertz CT molecular complexity index is 624. The Hall–Kier alpha value is -2.33. The van der Waals surface area contributed by atoms with E-state index in [4.69, 9.17) is 9.47 Å². The number of para-hydroxylation sites is 1. The number of benzene rings is 2. The third kappa shape index (κ3) is 4.83. The van der Waals surface area contributed by atoms with Gasteiger partial charge in [-0.25, -0.2) is 4.79 Å². The van der Waals surface area contributed by atoms with E-state index in [9.17, 15) is 4.79 Å². The summed E-state index contributed by atoms with van der Waals surface area (Å²) in [6, 6.07) is 19.2. The van der Waals surface area contributed by atoms with Crippen molar-refractivity contribution in [2.24, 2.45) is 0 Å². The first-order valence-corrected chi connectivity index (χ1v) is 8.46. The monoisotopic (exact) mass is 325 g/mol. The Morgan fingerprint density at radius 2 is 1.58 bits per heavy atom. The van der Waals surface area contributed by atoms with E-state index in [1.165, 1.54) is 12.8 Å². The molecule has 1 unspecified atom stereocenters. The number of likely N-dealkylation sites (tertiary alicyclic amines) is 1. The molecule has 0 aromatic heterocycles. The lowest BCUT2D eigenvalue weighted by atomic mass is 10.1. The van der Waals surface area contributed by atoms with Crippen molar-refractivity contribution in [1.82, 2.24) is 4.90 Å². The van der Waals surface area contributed by atoms with Gasteiger partial charge in [0.15, 0.2) is 6.61 Å². The van der Waals surface area contributed by atoms with Crippen molar-refractivity contribution in [1.29, 1.82) is 0 Å². The molecule has 1 aliphatic heterocycles. The Kier molecular flexibility index (Phi) is 5.85. The van der Waals surface area contributed by atoms with Crippen LogP contribution in [0.25, 0.3) is 0 Å². The minimum Gasteiger partial charge on any atom is -0.482 e. The highest BCUT2D eigenvalue weighted by Crippen LogP contribution is 2.21. The first-order chi connectivity index (χ1) is 11.8. The van der Waals surface area contributed by atoms with Gasteiger partial charge in [-0.15, -0.1) is 0 Å². The number of carbonyl (C=O) groups is 1. The smallest absolute Gasteiger partial charge is 0.344 e. The molecule has 4 heteroatoms. The fourth-order valence-corrected chi connectivity index (χ4v) is 2.93. The first-order valence-electron chi connectivity index (χ1n) is 8.46. The van der Waals surface area contributed by atoms with Crippen molar-refractivity contribution < 1.29 is 14.3 Å². The molecule has 0 N–H and O–H groups in total. The minimum atomic E-state index is -0.341. The van der Waals surface area contributed by atoms with Gasteiger partial charge in [-0.05, 0) is 43.6 Å². The third-order valence-corrected chi connectivity index (χ3v) is 4.17. The molecule has 2 aromatic rings. The van der Waals surface area contributed by atoms with Gasteiger partial charge in [-0.3, -0.25) is 4.90 Å². The standard InChI is InChI=1S/C20H23NO3/c22-20(16-23-18-11-5-2-6-12-18)24-19(15-21-13-7-8-14-21)17-9-3-1-4-10-17/h1-6,9-12,19H,7-8,13-16H2. The first kappa shape index (κ1) is 16.5. The maximum absolute atomic E-state index is 12.2. The fourth-order valence-electron chi connectivity index (χ4n) is 2.93. The summed E-state index contributed by atoms with van der Waals surface area (Å²) < 4.78 is 11.2. The molecular formula is C20H23NO3. The Morgan fingerprint density at radius 1 is 0.958 bits per heavy atom. The Morgan fingerprint density at radius 3 is 2.25 bits per heavy atom.